The van der Waals surface area contributed by atoms with Crippen molar-refractivity contribution in [1.82, 2.24) is 9.97 Å². The highest BCUT2D eigenvalue weighted by atomic mass is 14.6. The molecule has 0 unspecified atom stereocenters. The van der Waals surface area contributed by atoms with Crippen LogP contribution in [0.4, 0.5) is 0 Å². The second kappa shape index (κ2) is 7.35. The molecule has 35 heavy (non-hydrogen) atoms. The Kier molecular flexibility index (Phi) is 4.22. The standard InChI is InChI=1S/C33H24N2/c1-33(2)31-17-21(25-7-3-5-23-19-34-15-13-27(23)25)9-11-29(31)30-12-10-22(18-32(30)33)26-8-4-6-24-20-35-16-14-28(24)26/h3-20H,1-2H3. The van der Waals surface area contributed by atoms with Crippen LogP contribution in [0.3, 0.4) is 0 Å². The van der Waals surface area contributed by atoms with Crippen LogP contribution in [0, 0.1) is 0 Å². The van der Waals surface area contributed by atoms with Gasteiger partial charge in [-0.15, -0.1) is 0 Å². The number of rotatable bonds is 2. The molecule has 1 aliphatic rings. The summed E-state index contributed by atoms with van der Waals surface area (Å²) in [4.78, 5) is 8.61. The zero-order valence-electron chi connectivity index (χ0n) is 19.8. The molecule has 7 rings (SSSR count). The molecule has 1 aliphatic carbocycles. The molecular formula is C33H24N2. The molecule has 0 fully saturated rings. The minimum Gasteiger partial charge on any atom is -0.264 e. The Morgan fingerprint density at radius 1 is 0.514 bits per heavy atom. The minimum atomic E-state index is -0.0883. The quantitative estimate of drug-likeness (QED) is 0.266. The van der Waals surface area contributed by atoms with Crippen molar-refractivity contribution in [2.45, 2.75) is 19.3 Å². The van der Waals surface area contributed by atoms with Crippen molar-refractivity contribution >= 4 is 21.5 Å². The van der Waals surface area contributed by atoms with Crippen molar-refractivity contribution in [1.29, 1.82) is 0 Å². The van der Waals surface area contributed by atoms with Crippen LogP contribution in [-0.2, 0) is 5.41 Å². The minimum absolute atomic E-state index is 0.0883. The Morgan fingerprint density at radius 3 is 1.49 bits per heavy atom. The molecule has 2 heteroatoms. The van der Waals surface area contributed by atoms with Gasteiger partial charge in [0, 0.05) is 41.0 Å². The van der Waals surface area contributed by atoms with Crippen molar-refractivity contribution in [3.63, 3.8) is 0 Å². The molecule has 0 aliphatic heterocycles. The maximum atomic E-state index is 4.30. The van der Waals surface area contributed by atoms with Gasteiger partial charge in [-0.3, -0.25) is 9.97 Å². The van der Waals surface area contributed by atoms with Gasteiger partial charge in [0.05, 0.1) is 0 Å². The number of aromatic nitrogens is 2. The highest BCUT2D eigenvalue weighted by molar-refractivity contribution is 5.99. The second-order valence-electron chi connectivity index (χ2n) is 9.95. The smallest absolute Gasteiger partial charge is 0.0346 e. The van der Waals surface area contributed by atoms with E-state index in [-0.39, 0.29) is 5.41 Å². The summed E-state index contributed by atoms with van der Waals surface area (Å²) >= 11 is 0. The molecule has 0 radical (unpaired) electrons. The summed E-state index contributed by atoms with van der Waals surface area (Å²) in [6.45, 7) is 4.70. The fraction of sp³-hybridized carbons (Fsp3) is 0.0909. The van der Waals surface area contributed by atoms with E-state index in [4.69, 9.17) is 0 Å². The van der Waals surface area contributed by atoms with Crippen LogP contribution in [0.2, 0.25) is 0 Å². The molecule has 0 saturated heterocycles. The molecule has 0 bridgehead atoms. The van der Waals surface area contributed by atoms with Gasteiger partial charge in [0.1, 0.15) is 0 Å². The first-order valence-corrected chi connectivity index (χ1v) is 12.1. The van der Waals surface area contributed by atoms with Crippen molar-refractivity contribution in [3.05, 3.63) is 121 Å². The maximum absolute atomic E-state index is 4.30. The molecule has 4 aromatic carbocycles. The van der Waals surface area contributed by atoms with Gasteiger partial charge in [0.2, 0.25) is 0 Å². The van der Waals surface area contributed by atoms with Gasteiger partial charge in [-0.05, 0) is 79.5 Å². The lowest BCUT2D eigenvalue weighted by Gasteiger charge is -2.23. The Morgan fingerprint density at radius 2 is 1.00 bits per heavy atom. The molecule has 2 aromatic heterocycles. The fourth-order valence-electron chi connectivity index (χ4n) is 5.82. The maximum Gasteiger partial charge on any atom is 0.0346 e. The summed E-state index contributed by atoms with van der Waals surface area (Å²) in [5.41, 5.74) is 10.4. The van der Waals surface area contributed by atoms with E-state index in [0.717, 1.165) is 0 Å². The van der Waals surface area contributed by atoms with E-state index >= 15 is 0 Å². The monoisotopic (exact) mass is 448 g/mol. The molecule has 0 N–H and O–H groups in total. The molecular weight excluding hydrogens is 424 g/mol. The Balaban J connectivity index is 1.38. The van der Waals surface area contributed by atoms with Crippen LogP contribution in [0.25, 0.3) is 54.9 Å². The van der Waals surface area contributed by atoms with Crippen molar-refractivity contribution in [3.8, 4) is 33.4 Å². The van der Waals surface area contributed by atoms with Crippen LogP contribution in [-0.4, -0.2) is 9.97 Å². The van der Waals surface area contributed by atoms with Gasteiger partial charge in [-0.25, -0.2) is 0 Å². The van der Waals surface area contributed by atoms with E-state index in [0.29, 0.717) is 0 Å². The van der Waals surface area contributed by atoms with Gasteiger partial charge < -0.3 is 0 Å². The number of fused-ring (bicyclic) bond motifs is 5. The van der Waals surface area contributed by atoms with E-state index in [2.05, 4.69) is 109 Å². The lowest BCUT2D eigenvalue weighted by Crippen LogP contribution is -2.15. The van der Waals surface area contributed by atoms with Gasteiger partial charge in [0.25, 0.3) is 0 Å². The van der Waals surface area contributed by atoms with Crippen LogP contribution >= 0.6 is 0 Å². The fourth-order valence-corrected chi connectivity index (χ4v) is 5.82. The van der Waals surface area contributed by atoms with Crippen molar-refractivity contribution in [2.24, 2.45) is 0 Å². The van der Waals surface area contributed by atoms with Crippen LogP contribution in [0.5, 0.6) is 0 Å². The number of pyridine rings is 2. The van der Waals surface area contributed by atoms with E-state index in [1.165, 1.54) is 66.1 Å². The first kappa shape index (κ1) is 20.1. The molecule has 0 spiro atoms. The summed E-state index contributed by atoms with van der Waals surface area (Å²) in [7, 11) is 0. The largest absolute Gasteiger partial charge is 0.264 e. The third-order valence-electron chi connectivity index (χ3n) is 7.66. The van der Waals surface area contributed by atoms with E-state index in [9.17, 15) is 0 Å². The highest BCUT2D eigenvalue weighted by Gasteiger charge is 2.36. The number of hydrogen-bond acceptors (Lipinski definition) is 2. The molecule has 2 nitrogen and oxygen atoms in total. The van der Waals surface area contributed by atoms with Crippen molar-refractivity contribution in [2.75, 3.05) is 0 Å². The van der Waals surface area contributed by atoms with Gasteiger partial charge in [0.15, 0.2) is 0 Å². The van der Waals surface area contributed by atoms with E-state index in [1.807, 2.05) is 24.8 Å². The lowest BCUT2D eigenvalue weighted by atomic mass is 9.80. The number of benzene rings is 4. The van der Waals surface area contributed by atoms with Gasteiger partial charge >= 0.3 is 0 Å². The number of nitrogens with zero attached hydrogens (tertiary/aromatic N) is 2. The summed E-state index contributed by atoms with van der Waals surface area (Å²) in [6.07, 6.45) is 7.64. The zero-order chi connectivity index (χ0) is 23.6. The third kappa shape index (κ3) is 2.96. The van der Waals surface area contributed by atoms with Gasteiger partial charge in [-0.2, -0.15) is 0 Å². The van der Waals surface area contributed by atoms with E-state index in [1.54, 1.807) is 0 Å². The Labute approximate surface area is 204 Å². The Hall–Kier alpha value is -4.30. The van der Waals surface area contributed by atoms with Crippen LogP contribution in [0.15, 0.2) is 110 Å². The predicted molar refractivity (Wildman–Crippen MR) is 145 cm³/mol. The summed E-state index contributed by atoms with van der Waals surface area (Å²) < 4.78 is 0. The van der Waals surface area contributed by atoms with Gasteiger partial charge in [-0.1, -0.05) is 74.5 Å². The third-order valence-corrected chi connectivity index (χ3v) is 7.66. The molecule has 0 amide bonds. The normalized spacial score (nSPS) is 13.7. The summed E-state index contributed by atoms with van der Waals surface area (Å²) in [5.74, 6) is 0. The first-order chi connectivity index (χ1) is 17.1. The summed E-state index contributed by atoms with van der Waals surface area (Å²) in [5, 5.41) is 4.82. The lowest BCUT2D eigenvalue weighted by molar-refractivity contribution is 0.661. The first-order valence-electron chi connectivity index (χ1n) is 12.1. The van der Waals surface area contributed by atoms with Crippen LogP contribution in [0.1, 0.15) is 25.0 Å². The molecule has 2 heterocycles. The van der Waals surface area contributed by atoms with Crippen molar-refractivity contribution < 1.29 is 0 Å². The average molecular weight is 449 g/mol. The second-order valence-corrected chi connectivity index (χ2v) is 9.95. The zero-order valence-corrected chi connectivity index (χ0v) is 19.8. The number of hydrogen-bond donors (Lipinski definition) is 0. The molecule has 0 atom stereocenters. The molecule has 166 valence electrons. The van der Waals surface area contributed by atoms with E-state index < -0.39 is 0 Å². The predicted octanol–water partition coefficient (Wildman–Crippen LogP) is 8.42. The molecule has 0 saturated carbocycles. The average Bonchev–Trinajstić information content (AvgIpc) is 3.13. The summed E-state index contributed by atoms with van der Waals surface area (Å²) in [6, 6.07) is 31.1. The molecule has 6 aromatic rings. The SMILES string of the molecule is CC1(C)c2cc(-c3cccc4cnccc34)ccc2-c2ccc(-c3cccc4cnccc34)cc21. The topological polar surface area (TPSA) is 25.8 Å². The highest BCUT2D eigenvalue weighted by Crippen LogP contribution is 2.51. The van der Waals surface area contributed by atoms with Crippen LogP contribution < -0.4 is 0 Å². The Bertz CT molecular complexity index is 1640.